The zero-order chi connectivity index (χ0) is 15.4. The van der Waals surface area contributed by atoms with Crippen molar-refractivity contribution in [3.8, 4) is 11.5 Å². The average Bonchev–Trinajstić information content (AvgIpc) is 2.55. The summed E-state index contributed by atoms with van der Waals surface area (Å²) < 4.78 is 24.8. The van der Waals surface area contributed by atoms with Crippen molar-refractivity contribution in [2.45, 2.75) is 19.7 Å². The summed E-state index contributed by atoms with van der Waals surface area (Å²) in [5.74, 6) is 1.17. The van der Waals surface area contributed by atoms with Crippen molar-refractivity contribution in [1.29, 1.82) is 0 Å². The number of fused-ring (bicyclic) bond motifs is 1. The lowest BCUT2D eigenvalue weighted by molar-refractivity contribution is 0.169. The van der Waals surface area contributed by atoms with Crippen LogP contribution in [0, 0.1) is 5.82 Å². The van der Waals surface area contributed by atoms with Crippen molar-refractivity contribution in [3.05, 3.63) is 58.9 Å². The van der Waals surface area contributed by atoms with Gasteiger partial charge in [0.25, 0.3) is 0 Å². The van der Waals surface area contributed by atoms with E-state index in [1.54, 1.807) is 6.07 Å². The molecular formula is C17H19ClFNO3. The molecule has 0 amide bonds. The number of benzene rings is 2. The van der Waals surface area contributed by atoms with Crippen LogP contribution in [0.1, 0.15) is 16.7 Å². The Morgan fingerprint density at radius 1 is 1.04 bits per heavy atom. The van der Waals surface area contributed by atoms with Gasteiger partial charge in [0.15, 0.2) is 11.5 Å². The molecular weight excluding hydrogens is 321 g/mol. The molecule has 3 rings (SSSR count). The number of ether oxygens (including phenoxy) is 2. The minimum absolute atomic E-state index is 0. The van der Waals surface area contributed by atoms with Crippen LogP contribution in [-0.2, 0) is 19.7 Å². The van der Waals surface area contributed by atoms with Gasteiger partial charge < -0.3 is 19.9 Å². The van der Waals surface area contributed by atoms with E-state index in [1.807, 2.05) is 24.3 Å². The molecule has 0 saturated carbocycles. The maximum absolute atomic E-state index is 13.6. The molecule has 0 aliphatic carbocycles. The van der Waals surface area contributed by atoms with E-state index in [0.29, 0.717) is 31.9 Å². The van der Waals surface area contributed by atoms with Gasteiger partial charge in [-0.15, -0.1) is 12.4 Å². The molecule has 0 bridgehead atoms. The van der Waals surface area contributed by atoms with E-state index >= 15 is 0 Å². The quantitative estimate of drug-likeness (QED) is 0.879. The molecule has 0 saturated heterocycles. The molecule has 124 valence electrons. The largest absolute Gasteiger partial charge is 0.486 e. The van der Waals surface area contributed by atoms with Gasteiger partial charge >= 0.3 is 0 Å². The van der Waals surface area contributed by atoms with Gasteiger partial charge in [-0.3, -0.25) is 0 Å². The fourth-order valence-electron chi connectivity index (χ4n) is 2.44. The Labute approximate surface area is 140 Å². The molecule has 0 fully saturated rings. The Hall–Kier alpha value is -1.82. The zero-order valence-corrected chi connectivity index (χ0v) is 13.4. The first kappa shape index (κ1) is 17.5. The number of aliphatic hydroxyl groups excluding tert-OH is 1. The summed E-state index contributed by atoms with van der Waals surface area (Å²) in [6, 6.07) is 10.7. The normalized spacial score (nSPS) is 12.6. The summed E-state index contributed by atoms with van der Waals surface area (Å²) in [6.45, 7) is 1.98. The molecule has 0 aromatic heterocycles. The zero-order valence-electron chi connectivity index (χ0n) is 12.5. The first-order valence-electron chi connectivity index (χ1n) is 7.24. The van der Waals surface area contributed by atoms with Crippen molar-refractivity contribution in [2.75, 3.05) is 13.2 Å². The molecule has 0 unspecified atom stereocenters. The molecule has 2 N–H and O–H groups in total. The summed E-state index contributed by atoms with van der Waals surface area (Å²) in [6.07, 6.45) is 0. The number of hydrogen-bond acceptors (Lipinski definition) is 4. The van der Waals surface area contributed by atoms with Gasteiger partial charge in [0, 0.05) is 24.2 Å². The fraction of sp³-hybridized carbons (Fsp3) is 0.294. The van der Waals surface area contributed by atoms with E-state index < -0.39 is 0 Å². The second-order valence-electron chi connectivity index (χ2n) is 5.13. The Bertz CT molecular complexity index is 666. The van der Waals surface area contributed by atoms with Crippen LogP contribution < -0.4 is 14.8 Å². The number of nitrogens with one attached hydrogen (secondary N) is 1. The van der Waals surface area contributed by atoms with Gasteiger partial charge in [-0.1, -0.05) is 24.3 Å². The number of halogens is 2. The Balaban J connectivity index is 0.00000192. The Morgan fingerprint density at radius 2 is 1.87 bits per heavy atom. The summed E-state index contributed by atoms with van der Waals surface area (Å²) in [7, 11) is 0. The second-order valence-corrected chi connectivity index (χ2v) is 5.13. The van der Waals surface area contributed by atoms with Gasteiger partial charge in [0.05, 0.1) is 6.61 Å². The molecule has 1 aliphatic rings. The maximum Gasteiger partial charge on any atom is 0.165 e. The molecule has 6 heteroatoms. The van der Waals surface area contributed by atoms with E-state index in [2.05, 4.69) is 5.32 Å². The number of aliphatic hydroxyl groups is 1. The van der Waals surface area contributed by atoms with Crippen LogP contribution in [0.3, 0.4) is 0 Å². The Kier molecular flexibility index (Phi) is 6.21. The van der Waals surface area contributed by atoms with Crippen molar-refractivity contribution in [1.82, 2.24) is 5.32 Å². The van der Waals surface area contributed by atoms with Crippen molar-refractivity contribution in [3.63, 3.8) is 0 Å². The lowest BCUT2D eigenvalue weighted by Gasteiger charge is -2.21. The fourth-order valence-corrected chi connectivity index (χ4v) is 2.44. The maximum atomic E-state index is 13.6. The van der Waals surface area contributed by atoms with Crippen LogP contribution in [0.5, 0.6) is 11.5 Å². The topological polar surface area (TPSA) is 50.7 Å². The molecule has 2 aromatic rings. The standard InChI is InChI=1S/C17H18FNO3.ClH/c18-15-8-12(4-5-14(15)11-20)9-19-10-13-2-1-3-16-17(13)22-7-6-21-16;/h1-5,8,19-20H,6-7,9-11H2;1H. The molecule has 2 aromatic carbocycles. The number of rotatable bonds is 5. The van der Waals surface area contributed by atoms with Crippen LogP contribution in [0.4, 0.5) is 4.39 Å². The van der Waals surface area contributed by atoms with E-state index in [9.17, 15) is 4.39 Å². The molecule has 23 heavy (non-hydrogen) atoms. The van der Waals surface area contributed by atoms with E-state index in [4.69, 9.17) is 14.6 Å². The van der Waals surface area contributed by atoms with Crippen molar-refractivity contribution >= 4 is 12.4 Å². The van der Waals surface area contributed by atoms with E-state index in [1.165, 1.54) is 6.07 Å². The minimum atomic E-state index is -0.379. The highest BCUT2D eigenvalue weighted by Gasteiger charge is 2.15. The third-order valence-corrected chi connectivity index (χ3v) is 3.58. The average molecular weight is 340 g/mol. The first-order chi connectivity index (χ1) is 10.8. The van der Waals surface area contributed by atoms with Gasteiger partial charge in [0.1, 0.15) is 19.0 Å². The van der Waals surface area contributed by atoms with E-state index in [-0.39, 0.29) is 24.8 Å². The molecule has 4 nitrogen and oxygen atoms in total. The van der Waals surface area contributed by atoms with Gasteiger partial charge in [-0.05, 0) is 17.7 Å². The smallest absolute Gasteiger partial charge is 0.165 e. The number of para-hydroxylation sites is 1. The van der Waals surface area contributed by atoms with Crippen LogP contribution in [0.2, 0.25) is 0 Å². The van der Waals surface area contributed by atoms with Crippen LogP contribution >= 0.6 is 12.4 Å². The monoisotopic (exact) mass is 339 g/mol. The third-order valence-electron chi connectivity index (χ3n) is 3.58. The SMILES string of the molecule is Cl.OCc1ccc(CNCc2cccc3c2OCCO3)cc1F. The van der Waals surface area contributed by atoms with Crippen molar-refractivity contribution < 1.29 is 19.0 Å². The predicted molar refractivity (Wildman–Crippen MR) is 87.5 cm³/mol. The highest BCUT2D eigenvalue weighted by molar-refractivity contribution is 5.85. The third kappa shape index (κ3) is 4.13. The predicted octanol–water partition coefficient (Wildman–Crippen LogP) is 2.80. The minimum Gasteiger partial charge on any atom is -0.486 e. The van der Waals surface area contributed by atoms with Crippen molar-refractivity contribution in [2.24, 2.45) is 0 Å². The lowest BCUT2D eigenvalue weighted by atomic mass is 10.1. The van der Waals surface area contributed by atoms with E-state index in [0.717, 1.165) is 22.6 Å². The van der Waals surface area contributed by atoms with Gasteiger partial charge in [-0.2, -0.15) is 0 Å². The summed E-state index contributed by atoms with van der Waals surface area (Å²) in [4.78, 5) is 0. The van der Waals surface area contributed by atoms with Crippen LogP contribution in [-0.4, -0.2) is 18.3 Å². The van der Waals surface area contributed by atoms with Gasteiger partial charge in [-0.25, -0.2) is 4.39 Å². The summed E-state index contributed by atoms with van der Waals surface area (Å²) in [5.41, 5.74) is 2.16. The number of hydrogen-bond donors (Lipinski definition) is 2. The van der Waals surface area contributed by atoms with Crippen LogP contribution in [0.15, 0.2) is 36.4 Å². The molecule has 1 heterocycles. The molecule has 0 spiro atoms. The first-order valence-corrected chi connectivity index (χ1v) is 7.24. The highest BCUT2D eigenvalue weighted by atomic mass is 35.5. The summed E-state index contributed by atoms with van der Waals surface area (Å²) >= 11 is 0. The molecule has 0 radical (unpaired) electrons. The highest BCUT2D eigenvalue weighted by Crippen LogP contribution is 2.33. The van der Waals surface area contributed by atoms with Crippen LogP contribution in [0.25, 0.3) is 0 Å². The second kappa shape index (κ2) is 8.15. The molecule has 1 aliphatic heterocycles. The Morgan fingerprint density at radius 3 is 2.65 bits per heavy atom. The van der Waals surface area contributed by atoms with Gasteiger partial charge in [0.2, 0.25) is 0 Å². The molecule has 0 atom stereocenters. The summed E-state index contributed by atoms with van der Waals surface area (Å²) in [5, 5.41) is 12.2. The lowest BCUT2D eigenvalue weighted by Crippen LogP contribution is -2.19.